The molecule has 0 aliphatic carbocycles. The summed E-state index contributed by atoms with van der Waals surface area (Å²) in [6.45, 7) is 6.28. The van der Waals surface area contributed by atoms with Gasteiger partial charge in [-0.1, -0.05) is 18.2 Å². The lowest BCUT2D eigenvalue weighted by atomic mass is 10.2. The summed E-state index contributed by atoms with van der Waals surface area (Å²) in [6.07, 6.45) is 1.06. The van der Waals surface area contributed by atoms with E-state index in [1.807, 2.05) is 6.07 Å². The molecule has 0 bridgehead atoms. The van der Waals surface area contributed by atoms with Gasteiger partial charge in [0.15, 0.2) is 0 Å². The van der Waals surface area contributed by atoms with Crippen LogP contribution in [-0.2, 0) is 0 Å². The smallest absolute Gasteiger partial charge is 0.127 e. The van der Waals surface area contributed by atoms with Gasteiger partial charge >= 0.3 is 0 Å². The minimum atomic E-state index is -0.505. The molecule has 3 heteroatoms. The van der Waals surface area contributed by atoms with Gasteiger partial charge in [0.05, 0.1) is 11.1 Å². The van der Waals surface area contributed by atoms with Gasteiger partial charge in [-0.2, -0.15) is 5.26 Å². The predicted octanol–water partition coefficient (Wildman–Crippen LogP) is 3.45. The highest BCUT2D eigenvalue weighted by molar-refractivity contribution is 6.32. The predicted molar refractivity (Wildman–Crippen MR) is 48.2 cm³/mol. The van der Waals surface area contributed by atoms with E-state index in [-0.39, 0.29) is 10.6 Å². The topological polar surface area (TPSA) is 23.8 Å². The van der Waals surface area contributed by atoms with Crippen molar-refractivity contribution in [2.24, 2.45) is 0 Å². The Bertz CT molecular complexity index is 294. The largest absolute Gasteiger partial charge is 0.207 e. The molecule has 0 radical (unpaired) electrons. The fourth-order valence-electron chi connectivity index (χ4n) is 0.588. The van der Waals surface area contributed by atoms with Gasteiger partial charge in [-0.05, 0) is 19.9 Å². The lowest BCUT2D eigenvalue weighted by Gasteiger charge is -1.99. The first-order valence-electron chi connectivity index (χ1n) is 3.30. The second-order valence-corrected chi connectivity index (χ2v) is 2.61. The summed E-state index contributed by atoms with van der Waals surface area (Å²) in [5, 5.41) is 8.59. The Hall–Kier alpha value is -1.07. The van der Waals surface area contributed by atoms with Crippen LogP contribution in [0.2, 0.25) is 0 Å². The van der Waals surface area contributed by atoms with Crippen molar-refractivity contribution < 1.29 is 4.39 Å². The second kappa shape index (κ2) is 4.74. The number of halogens is 2. The van der Waals surface area contributed by atoms with Gasteiger partial charge in [-0.25, -0.2) is 4.39 Å². The fourth-order valence-corrected chi connectivity index (χ4v) is 0.721. The van der Waals surface area contributed by atoms with Crippen LogP contribution in [0.15, 0.2) is 34.7 Å². The molecule has 0 aromatic heterocycles. The summed E-state index contributed by atoms with van der Waals surface area (Å²) in [5.74, 6) is -0.505. The van der Waals surface area contributed by atoms with E-state index in [9.17, 15) is 4.39 Å². The van der Waals surface area contributed by atoms with Crippen molar-refractivity contribution in [3.63, 3.8) is 0 Å². The van der Waals surface area contributed by atoms with Crippen molar-refractivity contribution in [1.29, 1.82) is 5.26 Å². The molecule has 0 amide bonds. The number of hydrogen-bond donors (Lipinski definition) is 0. The van der Waals surface area contributed by atoms with Crippen LogP contribution in [0.4, 0.5) is 4.39 Å². The summed E-state index contributed by atoms with van der Waals surface area (Å²) >= 11 is 5.67. The van der Waals surface area contributed by atoms with Gasteiger partial charge in [0.2, 0.25) is 0 Å². The van der Waals surface area contributed by atoms with Crippen LogP contribution in [-0.4, -0.2) is 0 Å². The molecule has 0 heterocycles. The average Bonchev–Trinajstić information content (AvgIpc) is 2.12. The molecule has 0 spiro atoms. The van der Waals surface area contributed by atoms with Gasteiger partial charge in [-0.3, -0.25) is 0 Å². The van der Waals surface area contributed by atoms with Crippen LogP contribution in [0.25, 0.3) is 0 Å². The molecule has 0 saturated heterocycles. The maximum absolute atomic E-state index is 12.8. The first-order valence-corrected chi connectivity index (χ1v) is 3.68. The van der Waals surface area contributed by atoms with Crippen molar-refractivity contribution in [2.45, 2.75) is 13.8 Å². The Labute approximate surface area is 76.5 Å². The van der Waals surface area contributed by atoms with E-state index >= 15 is 0 Å². The zero-order valence-electron chi connectivity index (χ0n) is 6.99. The van der Waals surface area contributed by atoms with Gasteiger partial charge in [-0.15, -0.1) is 0 Å². The van der Waals surface area contributed by atoms with E-state index in [0.717, 1.165) is 6.08 Å². The summed E-state index contributed by atoms with van der Waals surface area (Å²) < 4.78 is 12.8. The van der Waals surface area contributed by atoms with Gasteiger partial charge in [0.25, 0.3) is 0 Å². The van der Waals surface area contributed by atoms with Gasteiger partial charge < -0.3 is 0 Å². The Morgan fingerprint density at radius 1 is 1.58 bits per heavy atom. The molecule has 64 valence electrons. The summed E-state index contributed by atoms with van der Waals surface area (Å²) in [6, 6.07) is 1.84. The molecule has 12 heavy (non-hydrogen) atoms. The quantitative estimate of drug-likeness (QED) is 0.478. The van der Waals surface area contributed by atoms with Gasteiger partial charge in [0.1, 0.15) is 5.83 Å². The molecule has 0 aliphatic heterocycles. The molecule has 0 N–H and O–H groups in total. The van der Waals surface area contributed by atoms with E-state index in [1.165, 1.54) is 13.8 Å². The van der Waals surface area contributed by atoms with Crippen LogP contribution in [0, 0.1) is 11.3 Å². The maximum atomic E-state index is 12.8. The van der Waals surface area contributed by atoms with Crippen LogP contribution in [0.5, 0.6) is 0 Å². The minimum absolute atomic E-state index is 0.148. The molecule has 0 saturated carbocycles. The highest BCUT2D eigenvalue weighted by Gasteiger charge is 2.05. The highest BCUT2D eigenvalue weighted by Crippen LogP contribution is 2.22. The first kappa shape index (κ1) is 10.9. The lowest BCUT2D eigenvalue weighted by Crippen LogP contribution is -1.83. The SMILES string of the molecule is C=C/C(F)=C(C)\C(Cl)=C(/C)C#N. The van der Waals surface area contributed by atoms with E-state index in [2.05, 4.69) is 6.58 Å². The van der Waals surface area contributed by atoms with Crippen molar-refractivity contribution in [1.82, 2.24) is 0 Å². The Morgan fingerprint density at radius 3 is 2.42 bits per heavy atom. The number of hydrogen-bond acceptors (Lipinski definition) is 1. The summed E-state index contributed by atoms with van der Waals surface area (Å²) in [5.41, 5.74) is 0.539. The van der Waals surface area contributed by atoms with Crippen LogP contribution in [0.3, 0.4) is 0 Å². The minimum Gasteiger partial charge on any atom is -0.207 e. The zero-order chi connectivity index (χ0) is 9.72. The third kappa shape index (κ3) is 2.52. The molecule has 1 nitrogen and oxygen atoms in total. The van der Waals surface area contributed by atoms with Crippen molar-refractivity contribution in [2.75, 3.05) is 0 Å². The van der Waals surface area contributed by atoms with Crippen LogP contribution >= 0.6 is 11.6 Å². The van der Waals surface area contributed by atoms with Crippen LogP contribution in [0.1, 0.15) is 13.8 Å². The third-order valence-electron chi connectivity index (χ3n) is 1.36. The maximum Gasteiger partial charge on any atom is 0.127 e. The molecule has 0 rings (SSSR count). The van der Waals surface area contributed by atoms with E-state index in [0.29, 0.717) is 5.57 Å². The molecule has 0 aromatic rings. The number of nitriles is 1. The Kier molecular flexibility index (Phi) is 4.31. The molecule has 0 fully saturated rings. The number of allylic oxidation sites excluding steroid dienone is 5. The van der Waals surface area contributed by atoms with E-state index in [4.69, 9.17) is 16.9 Å². The highest BCUT2D eigenvalue weighted by atomic mass is 35.5. The third-order valence-corrected chi connectivity index (χ3v) is 1.93. The summed E-state index contributed by atoms with van der Waals surface area (Å²) in [4.78, 5) is 0. The van der Waals surface area contributed by atoms with Crippen molar-refractivity contribution >= 4 is 11.6 Å². The normalized spacial score (nSPS) is 14.2. The first-order chi connectivity index (χ1) is 5.54. The lowest BCUT2D eigenvalue weighted by molar-refractivity contribution is 0.658. The molecular weight excluding hydrogens is 177 g/mol. The fraction of sp³-hybridized carbons (Fsp3) is 0.222. The van der Waals surface area contributed by atoms with Crippen LogP contribution < -0.4 is 0 Å². The molecule has 0 unspecified atom stereocenters. The molecular formula is C9H9ClFN. The average molecular weight is 186 g/mol. The van der Waals surface area contributed by atoms with E-state index < -0.39 is 5.83 Å². The van der Waals surface area contributed by atoms with Crippen molar-refractivity contribution in [3.05, 3.63) is 34.7 Å². The standard InChI is InChI=1S/C9H9ClFN/c1-4-8(11)7(3)9(10)6(2)5-12/h4H,1H2,2-3H3/b8-7+,9-6-. The zero-order valence-corrected chi connectivity index (χ0v) is 7.74. The molecule has 0 aliphatic rings. The van der Waals surface area contributed by atoms with E-state index in [1.54, 1.807) is 0 Å². The Morgan fingerprint density at radius 2 is 2.08 bits per heavy atom. The summed E-state index contributed by atoms with van der Waals surface area (Å²) in [7, 11) is 0. The molecule has 0 aromatic carbocycles. The Balaban J connectivity index is 5.12. The monoisotopic (exact) mass is 185 g/mol. The molecule has 0 atom stereocenters. The van der Waals surface area contributed by atoms with Gasteiger partial charge in [0, 0.05) is 11.1 Å². The van der Waals surface area contributed by atoms with Crippen molar-refractivity contribution in [3.8, 4) is 6.07 Å². The second-order valence-electron chi connectivity index (χ2n) is 2.23. The number of nitrogens with zero attached hydrogens (tertiary/aromatic N) is 1. The number of rotatable bonds is 2.